The lowest BCUT2D eigenvalue weighted by molar-refractivity contribution is 0.411. The van der Waals surface area contributed by atoms with Crippen LogP contribution in [0.4, 0.5) is 0 Å². The van der Waals surface area contributed by atoms with Crippen molar-refractivity contribution >= 4 is 37.3 Å². The second-order valence-electron chi connectivity index (χ2n) is 3.17. The van der Waals surface area contributed by atoms with Crippen LogP contribution < -0.4 is 0 Å². The molecule has 0 aliphatic carbocycles. The molecule has 0 atom stereocenters. The van der Waals surface area contributed by atoms with Crippen LogP contribution in [-0.2, 0) is 10.0 Å². The first kappa shape index (κ1) is 12.2. The Bertz CT molecular complexity index is 411. The molecule has 0 saturated heterocycles. The molecule has 1 aromatic rings. The Morgan fingerprint density at radius 3 is 2.43 bits per heavy atom. The van der Waals surface area contributed by atoms with Crippen molar-refractivity contribution in [1.82, 2.24) is 4.31 Å². The summed E-state index contributed by atoms with van der Waals surface area (Å²) in [6, 6.07) is 1.71. The predicted octanol–water partition coefficient (Wildman–Crippen LogP) is 2.54. The topological polar surface area (TPSA) is 37.4 Å². The van der Waals surface area contributed by atoms with Crippen LogP contribution in [-0.4, -0.2) is 25.8 Å². The molecule has 0 radical (unpaired) electrons. The third-order valence-corrected chi connectivity index (χ3v) is 6.61. The van der Waals surface area contributed by atoms with Crippen LogP contribution in [0.1, 0.15) is 13.8 Å². The first-order chi connectivity index (χ1) is 6.37. The largest absolute Gasteiger partial charge is 0.253 e. The van der Waals surface area contributed by atoms with Gasteiger partial charge in [0.1, 0.15) is 4.21 Å². The van der Waals surface area contributed by atoms with E-state index in [2.05, 4.69) is 15.9 Å². The minimum Gasteiger partial charge on any atom is -0.206 e. The van der Waals surface area contributed by atoms with Gasteiger partial charge in [0.15, 0.2) is 0 Å². The van der Waals surface area contributed by atoms with Crippen molar-refractivity contribution in [3.63, 3.8) is 0 Å². The Labute approximate surface area is 96.9 Å². The van der Waals surface area contributed by atoms with Crippen molar-refractivity contribution in [2.75, 3.05) is 7.05 Å². The first-order valence-electron chi connectivity index (χ1n) is 4.08. The number of rotatable bonds is 3. The van der Waals surface area contributed by atoms with Crippen LogP contribution in [0.5, 0.6) is 0 Å². The summed E-state index contributed by atoms with van der Waals surface area (Å²) >= 11 is 4.45. The molecule has 0 aliphatic rings. The lowest BCUT2D eigenvalue weighted by Crippen LogP contribution is -2.32. The Balaban J connectivity index is 3.16. The van der Waals surface area contributed by atoms with E-state index in [4.69, 9.17) is 0 Å². The van der Waals surface area contributed by atoms with E-state index in [1.807, 2.05) is 13.8 Å². The highest BCUT2D eigenvalue weighted by Gasteiger charge is 2.26. The molecule has 0 N–H and O–H groups in total. The van der Waals surface area contributed by atoms with E-state index in [0.29, 0.717) is 8.68 Å². The van der Waals surface area contributed by atoms with Gasteiger partial charge in [-0.25, -0.2) is 8.42 Å². The van der Waals surface area contributed by atoms with Gasteiger partial charge in [0.25, 0.3) is 10.0 Å². The van der Waals surface area contributed by atoms with Gasteiger partial charge in [0.05, 0.1) is 0 Å². The van der Waals surface area contributed by atoms with Gasteiger partial charge in [-0.15, -0.1) is 11.3 Å². The van der Waals surface area contributed by atoms with Crippen LogP contribution >= 0.6 is 27.3 Å². The number of hydrogen-bond donors (Lipinski definition) is 0. The number of sulfonamides is 1. The average molecular weight is 298 g/mol. The standard InChI is InChI=1S/C8H12BrNO2S2/c1-6(2)10(3)14(11,12)8-7(9)4-5-13-8/h4-6H,1-3H3. The molecule has 0 aliphatic heterocycles. The summed E-state index contributed by atoms with van der Waals surface area (Å²) in [4.78, 5) is 0. The lowest BCUT2D eigenvalue weighted by atomic mass is 10.4. The second-order valence-corrected chi connectivity index (χ2v) is 7.13. The monoisotopic (exact) mass is 297 g/mol. The molecule has 1 aromatic heterocycles. The summed E-state index contributed by atoms with van der Waals surface area (Å²) in [7, 11) is -1.73. The number of nitrogens with zero attached hydrogens (tertiary/aromatic N) is 1. The maximum atomic E-state index is 12.0. The number of halogens is 1. The maximum absolute atomic E-state index is 12.0. The third-order valence-electron chi connectivity index (χ3n) is 1.93. The summed E-state index contributed by atoms with van der Waals surface area (Å²) in [5.41, 5.74) is 0. The van der Waals surface area contributed by atoms with E-state index < -0.39 is 10.0 Å². The number of hydrogen-bond acceptors (Lipinski definition) is 3. The van der Waals surface area contributed by atoms with E-state index in [-0.39, 0.29) is 6.04 Å². The molecule has 0 spiro atoms. The van der Waals surface area contributed by atoms with Crippen molar-refractivity contribution in [2.45, 2.75) is 24.1 Å². The van der Waals surface area contributed by atoms with Gasteiger partial charge in [0.2, 0.25) is 0 Å². The Morgan fingerprint density at radius 2 is 2.07 bits per heavy atom. The van der Waals surface area contributed by atoms with Crippen molar-refractivity contribution in [2.24, 2.45) is 0 Å². The molecule has 3 nitrogen and oxygen atoms in total. The zero-order valence-electron chi connectivity index (χ0n) is 8.19. The van der Waals surface area contributed by atoms with Gasteiger partial charge in [-0.05, 0) is 41.2 Å². The zero-order valence-corrected chi connectivity index (χ0v) is 11.4. The highest BCUT2D eigenvalue weighted by Crippen LogP contribution is 2.30. The molecule has 6 heteroatoms. The lowest BCUT2D eigenvalue weighted by Gasteiger charge is -2.20. The van der Waals surface area contributed by atoms with Crippen molar-refractivity contribution in [3.05, 3.63) is 15.9 Å². The fourth-order valence-electron chi connectivity index (χ4n) is 0.872. The van der Waals surface area contributed by atoms with Gasteiger partial charge in [-0.2, -0.15) is 4.31 Å². The highest BCUT2D eigenvalue weighted by atomic mass is 79.9. The molecule has 0 amide bonds. The second kappa shape index (κ2) is 4.30. The van der Waals surface area contributed by atoms with Gasteiger partial charge < -0.3 is 0 Å². The maximum Gasteiger partial charge on any atom is 0.253 e. The van der Waals surface area contributed by atoms with Crippen molar-refractivity contribution in [1.29, 1.82) is 0 Å². The summed E-state index contributed by atoms with van der Waals surface area (Å²) in [5.74, 6) is 0. The van der Waals surface area contributed by atoms with E-state index in [1.54, 1.807) is 18.5 Å². The fourth-order valence-corrected chi connectivity index (χ4v) is 4.72. The van der Waals surface area contributed by atoms with Gasteiger partial charge in [-0.3, -0.25) is 0 Å². The Kier molecular flexibility index (Phi) is 3.74. The van der Waals surface area contributed by atoms with Crippen LogP contribution in [0.3, 0.4) is 0 Å². The van der Waals surface area contributed by atoms with Crippen LogP contribution in [0.2, 0.25) is 0 Å². The van der Waals surface area contributed by atoms with Crippen LogP contribution in [0, 0.1) is 0 Å². The van der Waals surface area contributed by atoms with E-state index in [0.717, 1.165) is 0 Å². The minimum atomic E-state index is -3.32. The third kappa shape index (κ3) is 2.18. The van der Waals surface area contributed by atoms with E-state index in [9.17, 15) is 8.42 Å². The predicted molar refractivity (Wildman–Crippen MR) is 62.1 cm³/mol. The fraction of sp³-hybridized carbons (Fsp3) is 0.500. The molecule has 0 saturated carbocycles. The SMILES string of the molecule is CC(C)N(C)S(=O)(=O)c1sccc1Br. The molecule has 80 valence electrons. The molecule has 1 heterocycles. The van der Waals surface area contributed by atoms with Crippen molar-refractivity contribution in [3.8, 4) is 0 Å². The minimum absolute atomic E-state index is 0.0333. The summed E-state index contributed by atoms with van der Waals surface area (Å²) in [6.45, 7) is 3.69. The zero-order chi connectivity index (χ0) is 10.9. The van der Waals surface area contributed by atoms with Crippen molar-refractivity contribution < 1.29 is 8.42 Å². The summed E-state index contributed by atoms with van der Waals surface area (Å²) in [6.07, 6.45) is 0. The quantitative estimate of drug-likeness (QED) is 0.860. The normalized spacial score (nSPS) is 12.7. The highest BCUT2D eigenvalue weighted by molar-refractivity contribution is 9.10. The molecule has 1 rings (SSSR count). The molecule has 14 heavy (non-hydrogen) atoms. The molecule has 0 fully saturated rings. The van der Waals surface area contributed by atoms with Crippen LogP contribution in [0.15, 0.2) is 20.1 Å². The molecular weight excluding hydrogens is 286 g/mol. The van der Waals surface area contributed by atoms with E-state index >= 15 is 0 Å². The molecule has 0 unspecified atom stereocenters. The van der Waals surface area contributed by atoms with E-state index in [1.165, 1.54) is 15.6 Å². The Hall–Kier alpha value is 0.0900. The summed E-state index contributed by atoms with van der Waals surface area (Å²) in [5, 5.41) is 1.76. The van der Waals surface area contributed by atoms with Gasteiger partial charge in [-0.1, -0.05) is 0 Å². The molecule has 0 aromatic carbocycles. The Morgan fingerprint density at radius 1 is 1.50 bits per heavy atom. The number of thiophene rings is 1. The van der Waals surface area contributed by atoms with Crippen LogP contribution in [0.25, 0.3) is 0 Å². The molecular formula is C8H12BrNO2S2. The smallest absolute Gasteiger partial charge is 0.206 e. The average Bonchev–Trinajstić information content (AvgIpc) is 2.50. The molecule has 0 bridgehead atoms. The van der Waals surface area contributed by atoms with Gasteiger partial charge >= 0.3 is 0 Å². The first-order valence-corrected chi connectivity index (χ1v) is 7.19. The van der Waals surface area contributed by atoms with Gasteiger partial charge in [0, 0.05) is 17.6 Å². The summed E-state index contributed by atoms with van der Waals surface area (Å²) < 4.78 is 26.3.